The summed E-state index contributed by atoms with van der Waals surface area (Å²) in [5.41, 5.74) is -0.713. The first kappa shape index (κ1) is 15.0. The van der Waals surface area contributed by atoms with Gasteiger partial charge in [-0.3, -0.25) is 14.4 Å². The molecule has 0 radical (unpaired) electrons. The molecule has 1 aromatic rings. The Morgan fingerprint density at radius 1 is 1.38 bits per heavy atom. The maximum Gasteiger partial charge on any atom is 0.314 e. The smallest absolute Gasteiger partial charge is 0.314 e. The fourth-order valence-corrected chi connectivity index (χ4v) is 2.41. The summed E-state index contributed by atoms with van der Waals surface area (Å²) in [5, 5.41) is 14.8. The fraction of sp³-hybridized carbons (Fsp3) is 0.400. The van der Waals surface area contributed by atoms with E-state index in [4.69, 9.17) is 0 Å². The average Bonchev–Trinajstić information content (AvgIpc) is 2.84. The molecule has 1 aliphatic heterocycles. The summed E-state index contributed by atoms with van der Waals surface area (Å²) >= 11 is 0. The molecule has 0 aromatic heterocycles. The normalized spacial score (nSPS) is 20.4. The van der Waals surface area contributed by atoms with E-state index in [2.05, 4.69) is 10.6 Å². The number of carboxylic acids is 1. The number of benzene rings is 1. The van der Waals surface area contributed by atoms with Crippen LogP contribution in [0.1, 0.15) is 25.3 Å². The minimum Gasteiger partial charge on any atom is -0.481 e. The molecule has 2 atom stereocenters. The molecule has 1 aliphatic rings. The standard InChI is InChI=1S/C15H18N2O4/c1-15(14(20)21,10-5-3-2-4-6-10)8-13(19)17-11-7-12(18)16-9-11/h2-6,11H,7-9H2,1H3,(H,16,18)(H,17,19)(H,20,21). The molecule has 2 rings (SSSR count). The van der Waals surface area contributed by atoms with Crippen molar-refractivity contribution in [2.45, 2.75) is 31.2 Å². The lowest BCUT2D eigenvalue weighted by atomic mass is 9.79. The largest absolute Gasteiger partial charge is 0.481 e. The van der Waals surface area contributed by atoms with Gasteiger partial charge >= 0.3 is 5.97 Å². The molecule has 6 nitrogen and oxygen atoms in total. The van der Waals surface area contributed by atoms with E-state index in [9.17, 15) is 19.5 Å². The van der Waals surface area contributed by atoms with Crippen LogP contribution in [0.5, 0.6) is 0 Å². The van der Waals surface area contributed by atoms with Crippen LogP contribution in [0.3, 0.4) is 0 Å². The summed E-state index contributed by atoms with van der Waals surface area (Å²) in [5.74, 6) is -1.53. The van der Waals surface area contributed by atoms with Gasteiger partial charge in [-0.05, 0) is 12.5 Å². The first-order valence-corrected chi connectivity index (χ1v) is 6.77. The predicted molar refractivity (Wildman–Crippen MR) is 75.6 cm³/mol. The molecule has 1 heterocycles. The summed E-state index contributed by atoms with van der Waals surface area (Å²) in [7, 11) is 0. The highest BCUT2D eigenvalue weighted by molar-refractivity contribution is 5.89. The van der Waals surface area contributed by atoms with E-state index < -0.39 is 11.4 Å². The summed E-state index contributed by atoms with van der Waals surface area (Å²) in [4.78, 5) is 34.8. The Hall–Kier alpha value is -2.37. The van der Waals surface area contributed by atoms with Crippen molar-refractivity contribution >= 4 is 17.8 Å². The number of carboxylic acid groups (broad SMARTS) is 1. The second-order valence-electron chi connectivity index (χ2n) is 5.45. The average molecular weight is 290 g/mol. The van der Waals surface area contributed by atoms with Gasteiger partial charge in [-0.2, -0.15) is 0 Å². The molecule has 6 heteroatoms. The molecule has 1 saturated heterocycles. The lowest BCUT2D eigenvalue weighted by Gasteiger charge is -2.25. The van der Waals surface area contributed by atoms with Crippen LogP contribution in [0.4, 0.5) is 0 Å². The number of hydrogen-bond acceptors (Lipinski definition) is 3. The van der Waals surface area contributed by atoms with Crippen LogP contribution in [-0.4, -0.2) is 35.5 Å². The summed E-state index contributed by atoms with van der Waals surface area (Å²) in [6.07, 6.45) is 0.0674. The second kappa shape index (κ2) is 5.95. The molecular weight excluding hydrogens is 272 g/mol. The van der Waals surface area contributed by atoms with Gasteiger partial charge in [0.25, 0.3) is 0 Å². The van der Waals surface area contributed by atoms with Crippen molar-refractivity contribution in [2.75, 3.05) is 6.54 Å². The molecule has 0 spiro atoms. The number of hydrogen-bond donors (Lipinski definition) is 3. The van der Waals surface area contributed by atoms with E-state index in [1.165, 1.54) is 6.92 Å². The van der Waals surface area contributed by atoms with E-state index in [-0.39, 0.29) is 30.7 Å². The van der Waals surface area contributed by atoms with Gasteiger partial charge in [0, 0.05) is 19.4 Å². The van der Waals surface area contributed by atoms with Crippen molar-refractivity contribution in [1.82, 2.24) is 10.6 Å². The first-order valence-electron chi connectivity index (χ1n) is 6.77. The number of rotatable bonds is 5. The zero-order chi connectivity index (χ0) is 15.5. The summed E-state index contributed by atoms with van der Waals surface area (Å²) in [6.45, 7) is 1.92. The van der Waals surface area contributed by atoms with E-state index in [1.807, 2.05) is 0 Å². The Kier molecular flexibility index (Phi) is 4.26. The van der Waals surface area contributed by atoms with Crippen LogP contribution in [-0.2, 0) is 19.8 Å². The van der Waals surface area contributed by atoms with Crippen molar-refractivity contribution < 1.29 is 19.5 Å². The lowest BCUT2D eigenvalue weighted by molar-refractivity contribution is -0.145. The van der Waals surface area contributed by atoms with E-state index in [1.54, 1.807) is 30.3 Å². The van der Waals surface area contributed by atoms with Crippen LogP contribution in [0, 0.1) is 0 Å². The van der Waals surface area contributed by atoms with Gasteiger partial charge in [0.1, 0.15) is 0 Å². The van der Waals surface area contributed by atoms with Gasteiger partial charge in [0.2, 0.25) is 11.8 Å². The molecule has 112 valence electrons. The van der Waals surface area contributed by atoms with Crippen LogP contribution >= 0.6 is 0 Å². The molecule has 3 N–H and O–H groups in total. The van der Waals surface area contributed by atoms with Gasteiger partial charge in [-0.15, -0.1) is 0 Å². The predicted octanol–water partition coefficient (Wildman–Crippen LogP) is 0.424. The van der Waals surface area contributed by atoms with Crippen LogP contribution in [0.25, 0.3) is 0 Å². The molecule has 0 aliphatic carbocycles. The molecule has 2 amide bonds. The Morgan fingerprint density at radius 2 is 2.05 bits per heavy atom. The molecule has 1 aromatic carbocycles. The minimum atomic E-state index is -1.29. The molecule has 1 fully saturated rings. The maximum absolute atomic E-state index is 12.1. The van der Waals surface area contributed by atoms with Crippen molar-refractivity contribution in [3.8, 4) is 0 Å². The number of carbonyl (C=O) groups is 3. The highest BCUT2D eigenvalue weighted by Gasteiger charge is 2.38. The monoisotopic (exact) mass is 290 g/mol. The third-order valence-corrected chi connectivity index (χ3v) is 3.74. The third kappa shape index (κ3) is 3.39. The summed E-state index contributed by atoms with van der Waals surface area (Å²) in [6, 6.07) is 8.41. The topological polar surface area (TPSA) is 95.5 Å². The van der Waals surface area contributed by atoms with Gasteiger partial charge < -0.3 is 15.7 Å². The molecule has 0 saturated carbocycles. The third-order valence-electron chi connectivity index (χ3n) is 3.74. The number of amides is 2. The van der Waals surface area contributed by atoms with Gasteiger partial charge in [-0.1, -0.05) is 30.3 Å². The van der Waals surface area contributed by atoms with E-state index >= 15 is 0 Å². The Labute approximate surface area is 122 Å². The van der Waals surface area contributed by atoms with Crippen molar-refractivity contribution in [1.29, 1.82) is 0 Å². The fourth-order valence-electron chi connectivity index (χ4n) is 2.41. The second-order valence-corrected chi connectivity index (χ2v) is 5.45. The molecule has 21 heavy (non-hydrogen) atoms. The zero-order valence-electron chi connectivity index (χ0n) is 11.8. The van der Waals surface area contributed by atoms with Crippen LogP contribution in [0.2, 0.25) is 0 Å². The maximum atomic E-state index is 12.1. The van der Waals surface area contributed by atoms with Crippen molar-refractivity contribution in [3.05, 3.63) is 35.9 Å². The molecular formula is C15H18N2O4. The number of carbonyl (C=O) groups excluding carboxylic acids is 2. The first-order chi connectivity index (χ1) is 9.91. The summed E-state index contributed by atoms with van der Waals surface area (Å²) < 4.78 is 0. The Bertz CT molecular complexity index is 558. The SMILES string of the molecule is CC(CC(=O)NC1CNC(=O)C1)(C(=O)O)c1ccccc1. The minimum absolute atomic E-state index is 0.107. The van der Waals surface area contributed by atoms with Crippen LogP contribution < -0.4 is 10.6 Å². The number of aliphatic carboxylic acids is 1. The van der Waals surface area contributed by atoms with Gasteiger partial charge in [-0.25, -0.2) is 0 Å². The van der Waals surface area contributed by atoms with Gasteiger partial charge in [0.15, 0.2) is 0 Å². The highest BCUT2D eigenvalue weighted by atomic mass is 16.4. The Morgan fingerprint density at radius 3 is 2.57 bits per heavy atom. The van der Waals surface area contributed by atoms with Crippen molar-refractivity contribution in [3.63, 3.8) is 0 Å². The quantitative estimate of drug-likeness (QED) is 0.732. The lowest BCUT2D eigenvalue weighted by Crippen LogP contribution is -2.42. The molecule has 2 unspecified atom stereocenters. The van der Waals surface area contributed by atoms with E-state index in [0.717, 1.165) is 0 Å². The highest BCUT2D eigenvalue weighted by Crippen LogP contribution is 2.28. The van der Waals surface area contributed by atoms with E-state index in [0.29, 0.717) is 12.1 Å². The van der Waals surface area contributed by atoms with Gasteiger partial charge in [0.05, 0.1) is 11.5 Å². The zero-order valence-corrected chi connectivity index (χ0v) is 11.8. The van der Waals surface area contributed by atoms with Crippen molar-refractivity contribution in [2.24, 2.45) is 0 Å². The molecule has 0 bridgehead atoms. The number of nitrogens with one attached hydrogen (secondary N) is 2. The van der Waals surface area contributed by atoms with Crippen LogP contribution in [0.15, 0.2) is 30.3 Å². The Balaban J connectivity index is 2.08.